The van der Waals surface area contributed by atoms with Crippen LogP contribution >= 0.6 is 0 Å². The van der Waals surface area contributed by atoms with E-state index in [0.29, 0.717) is 85.2 Å². The summed E-state index contributed by atoms with van der Waals surface area (Å²) in [6.07, 6.45) is -4.01. The number of carbonyl (C=O) groups is 7. The van der Waals surface area contributed by atoms with Gasteiger partial charge >= 0.3 is 59.6 Å². The second kappa shape index (κ2) is 33.8. The zero-order valence-electron chi connectivity index (χ0n) is 69.5. The SMILES string of the molecule is CC(=O)OC1C(=O)OC2C3OC4(OC3OC12)C1CC2CC4CC(OC(=O)C(C)(F)F)(C2)C1.CC(F)(F)C(=O)OC12CC3CC(C1)C1(OC4OC5C(O)C(=O)OC5C4O1)C(C3)C2.CCN(CC)CC.CCOC(C)OC1C(=O)OC2C3OC4(OC3OC12)C1CC2CC4CC(OC(=O)C(C)(F)F)(C2)C1.CC[NH+](CC)CC.CC[NH+](CC)CC. The van der Waals surface area contributed by atoms with Crippen LogP contribution < -0.4 is 9.80 Å². The van der Waals surface area contributed by atoms with E-state index < -0.39 is 192 Å². The molecule has 22 atom stereocenters. The fourth-order valence-corrected chi connectivity index (χ4v) is 23.1. The van der Waals surface area contributed by atoms with Gasteiger partial charge in [-0.15, -0.1) is 0 Å². The zero-order valence-corrected chi connectivity index (χ0v) is 69.5. The highest BCUT2D eigenvalue weighted by Crippen LogP contribution is 2.69. The molecule has 0 radical (unpaired) electrons. The number of esters is 7. The number of quaternary nitrogens is 2. The van der Waals surface area contributed by atoms with Crippen molar-refractivity contribution in [1.29, 1.82) is 0 Å². The number of fused-ring (bicyclic) bond motifs is 9. The molecule has 35 heteroatoms. The van der Waals surface area contributed by atoms with Crippen LogP contribution in [0.1, 0.15) is 200 Å². The smallest absolute Gasteiger partial charge is 0.377 e. The molecule has 3 spiro atoms. The lowest BCUT2D eigenvalue weighted by atomic mass is 9.51. The van der Waals surface area contributed by atoms with Gasteiger partial charge in [0.05, 0.1) is 39.3 Å². The van der Waals surface area contributed by atoms with Crippen molar-refractivity contribution in [2.24, 2.45) is 53.3 Å². The summed E-state index contributed by atoms with van der Waals surface area (Å²) in [5, 5.41) is 9.89. The van der Waals surface area contributed by atoms with Crippen LogP contribution in [0.3, 0.4) is 0 Å². The van der Waals surface area contributed by atoms with E-state index in [9.17, 15) is 65.0 Å². The predicted octanol–water partition coefficient (Wildman–Crippen LogP) is 5.85. The first-order valence-corrected chi connectivity index (χ1v) is 42.7. The number of ether oxygens (including phenoxy) is 18. The lowest BCUT2D eigenvalue weighted by Crippen LogP contribution is -3.11. The molecule has 658 valence electrons. The van der Waals surface area contributed by atoms with Gasteiger partial charge in [-0.1, -0.05) is 20.8 Å². The van der Waals surface area contributed by atoms with Crippen LogP contribution in [-0.2, 0) is 119 Å². The van der Waals surface area contributed by atoms with Gasteiger partial charge in [-0.05, 0) is 189 Å². The molecule has 0 aromatic heterocycles. The van der Waals surface area contributed by atoms with Gasteiger partial charge in [0, 0.05) is 69.8 Å². The Balaban J connectivity index is 0.000000135. The van der Waals surface area contributed by atoms with Crippen molar-refractivity contribution in [3.05, 3.63) is 0 Å². The topological polar surface area (TPSA) is 318 Å². The molecule has 29 nitrogen and oxygen atoms in total. The number of hydrogen-bond acceptors (Lipinski definition) is 27. The summed E-state index contributed by atoms with van der Waals surface area (Å²) < 4.78 is 186. The van der Waals surface area contributed by atoms with E-state index in [0.717, 1.165) is 38.5 Å². The van der Waals surface area contributed by atoms with Gasteiger partial charge in [-0.2, -0.15) is 26.3 Å². The van der Waals surface area contributed by atoms with Gasteiger partial charge in [0.25, 0.3) is 0 Å². The number of halogens is 6. The number of rotatable bonds is 20. The first-order valence-electron chi connectivity index (χ1n) is 42.7. The molecule has 12 aliphatic carbocycles. The van der Waals surface area contributed by atoms with Crippen molar-refractivity contribution in [2.75, 3.05) is 65.5 Å². The standard InChI is InChI=1S/C23H30F2O9.C21H24F2O9.C19H22F2O8.3C6H15N/c1-4-28-10(2)29-16-14-15(30-18(16)26)17-19(31-14)33-23(32-17)12-5-11-6-13(23)9-22(7-11,8-12)34-20(27)21(3,24)25;1-8(24)27-14-12-13(28-16(14)25)15-17(29-12)31-21(30-15)10-3-9-4-11(21)7-20(5-9,6-10)32-18(26)19(2,22)23;1-17(20,21)16(24)29-18-4-7-2-8(5-18)19(9(3-7)6-18)27-13-12-11(26-15(13)28-19)10(22)14(23)25-12;3*1-4-7(5-2)6-3/h10-17,19H,4-9H2,1-3H3;9-15,17H,3-7H2,1-2H3;7-13,15,22H,2-6H2,1H3;3*4-6H2,1-3H3/p+2. The van der Waals surface area contributed by atoms with E-state index >= 15 is 0 Å². The Morgan fingerprint density at radius 1 is 0.440 bits per heavy atom. The highest BCUT2D eigenvalue weighted by atomic mass is 19.3. The van der Waals surface area contributed by atoms with Crippen molar-refractivity contribution < 1.29 is 160 Å². The van der Waals surface area contributed by atoms with Crippen molar-refractivity contribution in [3.63, 3.8) is 0 Å². The summed E-state index contributed by atoms with van der Waals surface area (Å²) in [7, 11) is 0. The van der Waals surface area contributed by atoms with Gasteiger partial charge in [0.1, 0.15) is 35.1 Å². The van der Waals surface area contributed by atoms with Crippen LogP contribution in [0.2, 0.25) is 0 Å². The maximum atomic E-state index is 13.6. The number of alkyl halides is 6. The summed E-state index contributed by atoms with van der Waals surface area (Å²) in [6, 6.07) is 0. The Bertz CT molecular complexity index is 3450. The minimum atomic E-state index is -3.55. The Hall–Kier alpha value is -4.73. The largest absolute Gasteiger partial charge is 0.455 e. The van der Waals surface area contributed by atoms with E-state index in [-0.39, 0.29) is 53.3 Å². The maximum Gasteiger partial charge on any atom is 0.377 e. The normalized spacial score (nSPS) is 43.8. The monoisotopic (exact) mass is 1670 g/mol. The molecule has 3 N–H and O–H groups in total. The molecule has 9 saturated heterocycles. The molecule has 0 aromatic rings. The van der Waals surface area contributed by atoms with Crippen molar-refractivity contribution in [1.82, 2.24) is 4.90 Å². The predicted molar refractivity (Wildman–Crippen MR) is 387 cm³/mol. The highest BCUT2D eigenvalue weighted by molar-refractivity contribution is 5.82. The average molecular weight is 1670 g/mol. The van der Waals surface area contributed by atoms with E-state index in [1.807, 2.05) is 6.92 Å². The van der Waals surface area contributed by atoms with E-state index in [4.69, 9.17) is 85.3 Å². The van der Waals surface area contributed by atoms with E-state index in [1.165, 1.54) is 65.8 Å². The third kappa shape index (κ3) is 16.8. The fourth-order valence-electron chi connectivity index (χ4n) is 23.1. The number of hydrogen-bond donors (Lipinski definition) is 3. The lowest BCUT2D eigenvalue weighted by molar-refractivity contribution is -0.894. The molecular weight excluding hydrogens is 1540 g/mol. The number of nitrogens with one attached hydrogen (secondary N) is 2. The summed E-state index contributed by atoms with van der Waals surface area (Å²) in [4.78, 5) is 89.2. The Morgan fingerprint density at radius 3 is 1.01 bits per heavy atom. The Morgan fingerprint density at radius 2 is 0.733 bits per heavy atom. The van der Waals surface area contributed by atoms with E-state index in [1.54, 1.807) is 16.7 Å². The number of nitrogens with zero attached hydrogens (tertiary/aromatic N) is 1. The Kier molecular flexibility index (Phi) is 26.0. The molecule has 0 aromatic carbocycles. The van der Waals surface area contributed by atoms with E-state index in [2.05, 4.69) is 67.2 Å². The quantitative estimate of drug-likeness (QED) is 0.0557. The van der Waals surface area contributed by atoms with Gasteiger partial charge in [0.15, 0.2) is 91.4 Å². The van der Waals surface area contributed by atoms with Crippen molar-refractivity contribution >= 4 is 41.8 Å². The molecule has 22 unspecified atom stereocenters. The van der Waals surface area contributed by atoms with Crippen LogP contribution in [0, 0.1) is 53.3 Å². The minimum Gasteiger partial charge on any atom is -0.455 e. The molecule has 0 amide bonds. The zero-order chi connectivity index (χ0) is 84.1. The van der Waals surface area contributed by atoms with Crippen molar-refractivity contribution in [2.45, 2.75) is 351 Å². The number of aliphatic hydroxyl groups is 1. The van der Waals surface area contributed by atoms with Crippen LogP contribution in [0.15, 0.2) is 0 Å². The van der Waals surface area contributed by atoms with Crippen LogP contribution in [0.25, 0.3) is 0 Å². The van der Waals surface area contributed by atoms with Crippen molar-refractivity contribution in [3.8, 4) is 0 Å². The van der Waals surface area contributed by atoms with Crippen LogP contribution in [0.4, 0.5) is 26.3 Å². The lowest BCUT2D eigenvalue weighted by Gasteiger charge is -2.62. The average Bonchev–Trinajstić information content (AvgIpc) is 1.50. The van der Waals surface area contributed by atoms with Crippen LogP contribution in [0.5, 0.6) is 0 Å². The third-order valence-electron chi connectivity index (χ3n) is 28.0. The highest BCUT2D eigenvalue weighted by Gasteiger charge is 2.78. The number of aliphatic hydroxyl groups excluding tert-OH is 1. The summed E-state index contributed by atoms with van der Waals surface area (Å²) in [6.45, 7) is 37.9. The second-order valence-corrected chi connectivity index (χ2v) is 35.6. The first kappa shape index (κ1) is 89.0. The van der Waals surface area contributed by atoms with Gasteiger partial charge in [-0.3, -0.25) is 4.79 Å². The third-order valence-corrected chi connectivity index (χ3v) is 28.0. The molecule has 21 fully saturated rings. The first-order chi connectivity index (χ1) is 54.7. The second-order valence-electron chi connectivity index (χ2n) is 35.6. The molecular formula is C81H123F6N3O26+2. The molecule has 12 bridgehead atoms. The molecule has 12 saturated carbocycles. The summed E-state index contributed by atoms with van der Waals surface area (Å²) in [5.41, 5.74) is -2.77. The van der Waals surface area contributed by atoms with Gasteiger partial charge in [-0.25, -0.2) is 28.8 Å². The molecule has 116 heavy (non-hydrogen) atoms. The van der Waals surface area contributed by atoms with Gasteiger partial charge in [0.2, 0.25) is 6.10 Å². The molecule has 21 rings (SSSR count). The summed E-state index contributed by atoms with van der Waals surface area (Å²) >= 11 is 0. The minimum absolute atomic E-state index is 0.133. The fraction of sp³-hybridized carbons (Fsp3) is 0.914. The summed E-state index contributed by atoms with van der Waals surface area (Å²) in [5.74, 6) is -20.7. The van der Waals surface area contributed by atoms with Gasteiger partial charge < -0.3 is 105 Å². The van der Waals surface area contributed by atoms with Crippen LogP contribution in [-0.4, -0.2) is 268 Å². The molecule has 9 aliphatic heterocycles. The molecule has 9 heterocycles. The number of carbonyl (C=O) groups excluding carboxylic acids is 7. The molecule has 21 aliphatic rings. The maximum absolute atomic E-state index is 13.6. The Labute approximate surface area is 673 Å².